The Labute approximate surface area is 170 Å². The van der Waals surface area contributed by atoms with Crippen molar-refractivity contribution < 1.29 is 22.3 Å². The minimum atomic E-state index is -3.99. The lowest BCUT2D eigenvalue weighted by molar-refractivity contribution is -0.120. The van der Waals surface area contributed by atoms with Crippen LogP contribution in [0.3, 0.4) is 0 Å². The fourth-order valence-electron chi connectivity index (χ4n) is 3.43. The Balaban J connectivity index is 1.78. The van der Waals surface area contributed by atoms with E-state index in [2.05, 4.69) is 5.32 Å². The Morgan fingerprint density at radius 2 is 1.93 bits per heavy atom. The van der Waals surface area contributed by atoms with Gasteiger partial charge < -0.3 is 10.1 Å². The first-order valence-corrected chi connectivity index (χ1v) is 10.9. The number of ether oxygens (including phenoxy) is 1. The molecule has 1 heterocycles. The Morgan fingerprint density at radius 1 is 1.17 bits per heavy atom. The highest BCUT2D eigenvalue weighted by Gasteiger charge is 2.35. The Bertz CT molecular complexity index is 1020. The molecule has 0 bridgehead atoms. The third-order valence-corrected chi connectivity index (χ3v) is 7.16. The van der Waals surface area contributed by atoms with Gasteiger partial charge >= 0.3 is 0 Å². The van der Waals surface area contributed by atoms with Crippen LogP contribution >= 0.6 is 0 Å². The van der Waals surface area contributed by atoms with Crippen molar-refractivity contribution in [3.8, 4) is 5.75 Å². The standard InChI is InChI=1S/C21H25FN2O4S/c1-14-6-8-18(11-15(14)2)23-21(25)16-5-4-10-24(13-16)29(26,27)20-12-17(22)7-9-19(20)28-3/h6-9,11-12,16H,4-5,10,13H2,1-3H3,(H,23,25). The van der Waals surface area contributed by atoms with E-state index in [9.17, 15) is 17.6 Å². The summed E-state index contributed by atoms with van der Waals surface area (Å²) in [7, 11) is -2.65. The molecule has 0 radical (unpaired) electrons. The van der Waals surface area contributed by atoms with Gasteiger partial charge in [0.2, 0.25) is 15.9 Å². The molecule has 3 rings (SSSR count). The number of nitrogens with one attached hydrogen (secondary N) is 1. The molecular weight excluding hydrogens is 395 g/mol. The summed E-state index contributed by atoms with van der Waals surface area (Å²) in [5.41, 5.74) is 2.88. The summed E-state index contributed by atoms with van der Waals surface area (Å²) in [6, 6.07) is 9.03. The monoisotopic (exact) mass is 420 g/mol. The summed E-state index contributed by atoms with van der Waals surface area (Å²) in [5, 5.41) is 2.88. The summed E-state index contributed by atoms with van der Waals surface area (Å²) >= 11 is 0. The van der Waals surface area contributed by atoms with Crippen LogP contribution in [0.5, 0.6) is 5.75 Å². The molecular formula is C21H25FN2O4S. The molecule has 0 saturated carbocycles. The summed E-state index contributed by atoms with van der Waals surface area (Å²) in [6.45, 7) is 4.27. The molecule has 1 fully saturated rings. The second kappa shape index (κ2) is 8.51. The number of halogens is 1. The van der Waals surface area contributed by atoms with Crippen molar-refractivity contribution in [2.75, 3.05) is 25.5 Å². The fraction of sp³-hybridized carbons (Fsp3) is 0.381. The van der Waals surface area contributed by atoms with Crippen LogP contribution in [0.25, 0.3) is 0 Å². The molecule has 1 saturated heterocycles. The van der Waals surface area contributed by atoms with E-state index in [0.29, 0.717) is 18.5 Å². The van der Waals surface area contributed by atoms with Gasteiger partial charge in [0.05, 0.1) is 13.0 Å². The van der Waals surface area contributed by atoms with E-state index in [1.54, 1.807) is 0 Å². The number of aryl methyl sites for hydroxylation is 2. The van der Waals surface area contributed by atoms with Crippen LogP contribution in [0.4, 0.5) is 10.1 Å². The highest BCUT2D eigenvalue weighted by Crippen LogP contribution is 2.30. The number of benzene rings is 2. The van der Waals surface area contributed by atoms with E-state index in [4.69, 9.17) is 4.74 Å². The van der Waals surface area contributed by atoms with Gasteiger partial charge in [-0.3, -0.25) is 4.79 Å². The predicted octanol–water partition coefficient (Wildman–Crippen LogP) is 3.49. The molecule has 1 amide bonds. The predicted molar refractivity (Wildman–Crippen MR) is 109 cm³/mol. The third-order valence-electron chi connectivity index (χ3n) is 5.27. The SMILES string of the molecule is COc1ccc(F)cc1S(=O)(=O)N1CCCC(C(=O)Nc2ccc(C)c(C)c2)C1. The first-order chi connectivity index (χ1) is 13.7. The molecule has 0 aliphatic carbocycles. The van der Waals surface area contributed by atoms with E-state index in [1.807, 2.05) is 32.0 Å². The number of methoxy groups -OCH3 is 1. The number of hydrogen-bond acceptors (Lipinski definition) is 4. The van der Waals surface area contributed by atoms with E-state index in [1.165, 1.54) is 17.5 Å². The van der Waals surface area contributed by atoms with E-state index >= 15 is 0 Å². The average Bonchev–Trinajstić information content (AvgIpc) is 2.70. The number of carbonyl (C=O) groups excluding carboxylic acids is 1. The molecule has 1 N–H and O–H groups in total. The number of piperidine rings is 1. The second-order valence-electron chi connectivity index (χ2n) is 7.29. The molecule has 1 aliphatic rings. The number of rotatable bonds is 5. The Morgan fingerprint density at radius 3 is 2.62 bits per heavy atom. The van der Waals surface area contributed by atoms with Crippen LogP contribution in [0.2, 0.25) is 0 Å². The molecule has 8 heteroatoms. The summed E-state index contributed by atoms with van der Waals surface area (Å²) in [5.74, 6) is -1.29. The van der Waals surface area contributed by atoms with Gasteiger partial charge in [-0.25, -0.2) is 12.8 Å². The third kappa shape index (κ3) is 4.59. The van der Waals surface area contributed by atoms with Gasteiger partial charge in [0.25, 0.3) is 0 Å². The Hall–Kier alpha value is -2.45. The van der Waals surface area contributed by atoms with Crippen LogP contribution < -0.4 is 10.1 Å². The van der Waals surface area contributed by atoms with Crippen molar-refractivity contribution in [3.63, 3.8) is 0 Å². The molecule has 0 aromatic heterocycles. The first kappa shape index (κ1) is 21.3. The summed E-state index contributed by atoms with van der Waals surface area (Å²) in [6.07, 6.45) is 1.13. The number of nitrogens with zero attached hydrogens (tertiary/aromatic N) is 1. The van der Waals surface area contributed by atoms with Gasteiger partial charge in [-0.2, -0.15) is 4.31 Å². The quantitative estimate of drug-likeness (QED) is 0.803. The highest BCUT2D eigenvalue weighted by molar-refractivity contribution is 7.89. The molecule has 156 valence electrons. The van der Waals surface area contributed by atoms with Crippen molar-refractivity contribution in [1.82, 2.24) is 4.31 Å². The molecule has 1 unspecified atom stereocenters. The number of hydrogen-bond donors (Lipinski definition) is 1. The van der Waals surface area contributed by atoms with E-state index in [-0.39, 0.29) is 29.6 Å². The highest BCUT2D eigenvalue weighted by atomic mass is 32.2. The lowest BCUT2D eigenvalue weighted by atomic mass is 9.98. The van der Waals surface area contributed by atoms with Gasteiger partial charge in [0.15, 0.2) is 0 Å². The zero-order chi connectivity index (χ0) is 21.2. The molecule has 2 aromatic carbocycles. The topological polar surface area (TPSA) is 75.7 Å². The van der Waals surface area contributed by atoms with Crippen molar-refractivity contribution in [2.24, 2.45) is 5.92 Å². The van der Waals surface area contributed by atoms with Gasteiger partial charge in [-0.1, -0.05) is 6.07 Å². The van der Waals surface area contributed by atoms with Crippen LogP contribution in [0, 0.1) is 25.6 Å². The summed E-state index contributed by atoms with van der Waals surface area (Å²) < 4.78 is 46.2. The van der Waals surface area contributed by atoms with Crippen LogP contribution in [0.1, 0.15) is 24.0 Å². The molecule has 0 spiro atoms. The van der Waals surface area contributed by atoms with Gasteiger partial charge in [0.1, 0.15) is 16.5 Å². The van der Waals surface area contributed by atoms with Crippen molar-refractivity contribution >= 4 is 21.6 Å². The normalized spacial score (nSPS) is 17.7. The first-order valence-electron chi connectivity index (χ1n) is 9.44. The molecule has 29 heavy (non-hydrogen) atoms. The number of carbonyl (C=O) groups is 1. The number of sulfonamides is 1. The second-order valence-corrected chi connectivity index (χ2v) is 9.19. The molecule has 2 aromatic rings. The maximum absolute atomic E-state index is 13.7. The van der Waals surface area contributed by atoms with Crippen molar-refractivity contribution in [1.29, 1.82) is 0 Å². The van der Waals surface area contributed by atoms with Crippen LogP contribution in [-0.2, 0) is 14.8 Å². The maximum Gasteiger partial charge on any atom is 0.246 e. The maximum atomic E-state index is 13.7. The van der Waals surface area contributed by atoms with Crippen LogP contribution in [-0.4, -0.2) is 38.8 Å². The number of amides is 1. The van der Waals surface area contributed by atoms with Gasteiger partial charge in [-0.05, 0) is 68.1 Å². The summed E-state index contributed by atoms with van der Waals surface area (Å²) in [4.78, 5) is 12.5. The molecule has 1 aliphatic heterocycles. The van der Waals surface area contributed by atoms with Gasteiger partial charge in [-0.15, -0.1) is 0 Å². The van der Waals surface area contributed by atoms with Crippen molar-refractivity contribution in [2.45, 2.75) is 31.6 Å². The zero-order valence-electron chi connectivity index (χ0n) is 16.7. The lowest BCUT2D eigenvalue weighted by Gasteiger charge is -2.31. The average molecular weight is 421 g/mol. The van der Waals surface area contributed by atoms with Crippen LogP contribution in [0.15, 0.2) is 41.3 Å². The minimum Gasteiger partial charge on any atom is -0.495 e. The largest absolute Gasteiger partial charge is 0.495 e. The fourth-order valence-corrected chi connectivity index (χ4v) is 5.12. The van der Waals surface area contributed by atoms with E-state index in [0.717, 1.165) is 23.3 Å². The lowest BCUT2D eigenvalue weighted by Crippen LogP contribution is -2.43. The van der Waals surface area contributed by atoms with E-state index < -0.39 is 21.8 Å². The zero-order valence-corrected chi connectivity index (χ0v) is 17.6. The molecule has 1 atom stereocenters. The smallest absolute Gasteiger partial charge is 0.246 e. The van der Waals surface area contributed by atoms with Gasteiger partial charge in [0, 0.05) is 18.8 Å². The minimum absolute atomic E-state index is 0.0404. The number of anilines is 1. The Kier molecular flexibility index (Phi) is 6.24. The molecule has 6 nitrogen and oxygen atoms in total. The van der Waals surface area contributed by atoms with Crippen molar-refractivity contribution in [3.05, 3.63) is 53.3 Å².